The first-order chi connectivity index (χ1) is 5.97. The second-order valence-electron chi connectivity index (χ2n) is 2.32. The first kappa shape index (κ1) is 10.7. The molecule has 1 rings (SSSR count). The maximum atomic E-state index is 12.8. The van der Waals surface area contributed by atoms with Crippen LogP contribution in [0.5, 0.6) is 0 Å². The van der Waals surface area contributed by atoms with Gasteiger partial charge in [0.2, 0.25) is 0 Å². The average Bonchev–Trinajstić information content (AvgIpc) is 2.03. The highest BCUT2D eigenvalue weighted by Crippen LogP contribution is 2.30. The summed E-state index contributed by atoms with van der Waals surface area (Å²) in [4.78, 5) is 3.02. The number of hydrogen-bond acceptors (Lipinski definition) is 1. The van der Waals surface area contributed by atoms with Gasteiger partial charge in [0.05, 0.1) is 10.6 Å². The van der Waals surface area contributed by atoms with E-state index in [-0.39, 0.29) is 0 Å². The van der Waals surface area contributed by atoms with Crippen LogP contribution < -0.4 is 0 Å². The van der Waals surface area contributed by atoms with Gasteiger partial charge in [0.25, 0.3) is 0 Å². The summed E-state index contributed by atoms with van der Waals surface area (Å²) in [5.41, 5.74) is -1.01. The molecule has 0 atom stereocenters. The number of alkyl halides is 3. The topological polar surface area (TPSA) is 12.9 Å². The summed E-state index contributed by atoms with van der Waals surface area (Å²) in [6, 6.07) is 0.391. The maximum Gasteiger partial charge on any atom is 0.301 e. The quantitative estimate of drug-likeness (QED) is 0.465. The zero-order valence-corrected chi connectivity index (χ0v) is 8.36. The Labute approximate surface area is 85.3 Å². The number of pyridine rings is 1. The van der Waals surface area contributed by atoms with E-state index in [1.807, 2.05) is 0 Å². The van der Waals surface area contributed by atoms with E-state index < -0.39 is 27.7 Å². The van der Waals surface area contributed by atoms with Gasteiger partial charge in [-0.15, -0.1) is 0 Å². The molecule has 0 aromatic carbocycles. The summed E-state index contributed by atoms with van der Waals surface area (Å²) in [7, 11) is 0. The monoisotopic (exact) mass is 305 g/mol. The Bertz CT molecular complexity index is 315. The fourth-order valence-corrected chi connectivity index (χ4v) is 1.11. The molecule has 1 aromatic rings. The van der Waals surface area contributed by atoms with Crippen molar-refractivity contribution in [3.8, 4) is 0 Å². The summed E-state index contributed by atoms with van der Waals surface area (Å²) in [6.45, 7) is 0. The molecule has 0 amide bonds. The Balaban J connectivity index is 3.16. The summed E-state index contributed by atoms with van der Waals surface area (Å²) in [5, 5.41) is 0. The molecule has 6 heteroatoms. The number of rotatable bonds is 2. The van der Waals surface area contributed by atoms with Crippen molar-refractivity contribution in [2.24, 2.45) is 0 Å². The molecule has 0 N–H and O–H groups in total. The molecule has 0 spiro atoms. The highest BCUT2D eigenvalue weighted by Gasteiger charge is 2.35. The highest BCUT2D eigenvalue weighted by atomic mass is 127. The molecule has 0 aliphatic heterocycles. The second-order valence-corrected chi connectivity index (χ2v) is 3.08. The Kier molecular flexibility index (Phi) is 3.09. The lowest BCUT2D eigenvalue weighted by Crippen LogP contribution is -2.19. The molecule has 0 radical (unpaired) electrons. The lowest BCUT2D eigenvalue weighted by atomic mass is 10.2. The molecular formula is C7H4F4IN. The SMILES string of the molecule is Fc1cnc(C(F)(F)CI)c(F)c1. The van der Waals surface area contributed by atoms with Gasteiger partial charge in [0, 0.05) is 6.07 Å². The molecule has 1 aromatic heterocycles. The van der Waals surface area contributed by atoms with Crippen molar-refractivity contribution in [1.82, 2.24) is 4.98 Å². The number of hydrogen-bond donors (Lipinski definition) is 0. The van der Waals surface area contributed by atoms with Crippen molar-refractivity contribution >= 4 is 22.6 Å². The van der Waals surface area contributed by atoms with Crippen LogP contribution in [0.1, 0.15) is 5.69 Å². The maximum absolute atomic E-state index is 12.8. The zero-order chi connectivity index (χ0) is 10.1. The first-order valence-corrected chi connectivity index (χ1v) is 4.75. The lowest BCUT2D eigenvalue weighted by molar-refractivity contribution is 0.0175. The number of halogens is 5. The van der Waals surface area contributed by atoms with Gasteiger partial charge in [-0.3, -0.25) is 0 Å². The van der Waals surface area contributed by atoms with Crippen molar-refractivity contribution in [1.29, 1.82) is 0 Å². The third-order valence-corrected chi connectivity index (χ3v) is 2.28. The van der Waals surface area contributed by atoms with Gasteiger partial charge in [-0.2, -0.15) is 8.78 Å². The van der Waals surface area contributed by atoms with Gasteiger partial charge < -0.3 is 0 Å². The largest absolute Gasteiger partial charge is 0.301 e. The van der Waals surface area contributed by atoms with Crippen LogP contribution in [0.15, 0.2) is 12.3 Å². The minimum absolute atomic E-state index is 0.391. The fourth-order valence-electron chi connectivity index (χ4n) is 0.747. The predicted molar refractivity (Wildman–Crippen MR) is 46.9 cm³/mol. The molecule has 0 bridgehead atoms. The molecule has 0 saturated carbocycles. The Morgan fingerprint density at radius 1 is 1.38 bits per heavy atom. The lowest BCUT2D eigenvalue weighted by Gasteiger charge is -2.12. The molecule has 0 aliphatic rings. The van der Waals surface area contributed by atoms with Crippen LogP contribution in [0, 0.1) is 11.6 Å². The van der Waals surface area contributed by atoms with E-state index in [1.165, 1.54) is 22.6 Å². The van der Waals surface area contributed by atoms with E-state index in [0.717, 1.165) is 0 Å². The third-order valence-electron chi connectivity index (χ3n) is 1.32. The standard InChI is InChI=1S/C7H4F4IN/c8-4-1-5(9)6(13-2-4)7(10,11)3-12/h1-2H,3H2. The molecule has 13 heavy (non-hydrogen) atoms. The van der Waals surface area contributed by atoms with Crippen molar-refractivity contribution in [2.75, 3.05) is 4.43 Å². The fraction of sp³-hybridized carbons (Fsp3) is 0.286. The van der Waals surface area contributed by atoms with E-state index in [4.69, 9.17) is 0 Å². The zero-order valence-electron chi connectivity index (χ0n) is 6.20. The summed E-state index contributed by atoms with van der Waals surface area (Å²) in [5.74, 6) is -5.63. The molecule has 0 saturated heterocycles. The average molecular weight is 305 g/mol. The first-order valence-electron chi connectivity index (χ1n) is 3.22. The van der Waals surface area contributed by atoms with Crippen LogP contribution in [0.4, 0.5) is 17.6 Å². The Hall–Kier alpha value is -0.400. The third kappa shape index (κ3) is 2.29. The minimum atomic E-state index is -3.35. The molecular weight excluding hydrogens is 301 g/mol. The molecule has 1 heterocycles. The van der Waals surface area contributed by atoms with E-state index in [0.29, 0.717) is 12.3 Å². The van der Waals surface area contributed by atoms with Crippen LogP contribution >= 0.6 is 22.6 Å². The molecule has 1 nitrogen and oxygen atoms in total. The van der Waals surface area contributed by atoms with Gasteiger partial charge >= 0.3 is 5.92 Å². The van der Waals surface area contributed by atoms with Crippen molar-refractivity contribution in [3.05, 3.63) is 29.6 Å². The van der Waals surface area contributed by atoms with Gasteiger partial charge in [-0.1, -0.05) is 22.6 Å². The second kappa shape index (κ2) is 3.77. The van der Waals surface area contributed by atoms with E-state index >= 15 is 0 Å². The van der Waals surface area contributed by atoms with Gasteiger partial charge in [0.15, 0.2) is 5.82 Å². The Morgan fingerprint density at radius 2 is 2.00 bits per heavy atom. The van der Waals surface area contributed by atoms with Crippen LogP contribution in [-0.4, -0.2) is 9.41 Å². The molecule has 0 fully saturated rings. The van der Waals surface area contributed by atoms with Gasteiger partial charge in [-0.05, 0) is 0 Å². The predicted octanol–water partition coefficient (Wildman–Crippen LogP) is 2.89. The highest BCUT2D eigenvalue weighted by molar-refractivity contribution is 14.1. The molecule has 0 unspecified atom stereocenters. The van der Waals surface area contributed by atoms with Crippen LogP contribution in [0.25, 0.3) is 0 Å². The van der Waals surface area contributed by atoms with Gasteiger partial charge in [0.1, 0.15) is 11.5 Å². The molecule has 72 valence electrons. The van der Waals surface area contributed by atoms with Crippen LogP contribution in [-0.2, 0) is 5.92 Å². The minimum Gasteiger partial charge on any atom is -0.249 e. The van der Waals surface area contributed by atoms with Crippen LogP contribution in [0.3, 0.4) is 0 Å². The number of nitrogens with zero attached hydrogens (tertiary/aromatic N) is 1. The van der Waals surface area contributed by atoms with E-state index in [1.54, 1.807) is 0 Å². The summed E-state index contributed by atoms with van der Waals surface area (Å²) >= 11 is 1.41. The van der Waals surface area contributed by atoms with E-state index in [2.05, 4.69) is 4.98 Å². The van der Waals surface area contributed by atoms with Crippen molar-refractivity contribution < 1.29 is 17.6 Å². The smallest absolute Gasteiger partial charge is 0.249 e. The molecule has 0 aliphatic carbocycles. The number of aromatic nitrogens is 1. The normalized spacial score (nSPS) is 11.8. The van der Waals surface area contributed by atoms with E-state index in [9.17, 15) is 17.6 Å². The summed E-state index contributed by atoms with van der Waals surface area (Å²) < 4.78 is 50.1. The van der Waals surface area contributed by atoms with Gasteiger partial charge in [-0.25, -0.2) is 13.8 Å². The summed E-state index contributed by atoms with van der Waals surface area (Å²) in [6.07, 6.45) is 0.568. The van der Waals surface area contributed by atoms with Crippen molar-refractivity contribution in [2.45, 2.75) is 5.92 Å². The van der Waals surface area contributed by atoms with Crippen LogP contribution in [0.2, 0.25) is 0 Å². The Morgan fingerprint density at radius 3 is 2.46 bits per heavy atom. The van der Waals surface area contributed by atoms with Crippen molar-refractivity contribution in [3.63, 3.8) is 0 Å².